The highest BCUT2D eigenvalue weighted by atomic mass is 16.5. The Morgan fingerprint density at radius 3 is 2.70 bits per heavy atom. The molecule has 3 aromatic carbocycles. The molecule has 0 aliphatic carbocycles. The first-order valence-corrected chi connectivity index (χ1v) is 9.66. The molecule has 0 saturated heterocycles. The van der Waals surface area contributed by atoms with Crippen molar-refractivity contribution < 1.29 is 4.74 Å². The number of nitriles is 1. The maximum Gasteiger partial charge on any atom is 0.145 e. The molecule has 0 fully saturated rings. The molecule has 30 heavy (non-hydrogen) atoms. The van der Waals surface area contributed by atoms with Crippen LogP contribution in [0.3, 0.4) is 0 Å². The number of fused-ring (bicyclic) bond motifs is 3. The maximum atomic E-state index is 9.24. The van der Waals surface area contributed by atoms with Gasteiger partial charge >= 0.3 is 0 Å². The molecule has 0 spiro atoms. The smallest absolute Gasteiger partial charge is 0.145 e. The van der Waals surface area contributed by atoms with Gasteiger partial charge < -0.3 is 15.0 Å². The molecule has 144 valence electrons. The first-order chi connectivity index (χ1) is 14.8. The zero-order chi connectivity index (χ0) is 20.3. The number of H-pyrrole nitrogens is 1. The number of hydrogen-bond donors (Lipinski definition) is 2. The molecule has 2 aromatic heterocycles. The van der Waals surface area contributed by atoms with Crippen LogP contribution in [0.25, 0.3) is 21.8 Å². The zero-order valence-corrected chi connectivity index (χ0v) is 16.1. The van der Waals surface area contributed by atoms with Crippen LogP contribution in [0.5, 0.6) is 11.5 Å². The Kier molecular flexibility index (Phi) is 4.51. The molecule has 0 aliphatic heterocycles. The van der Waals surface area contributed by atoms with E-state index in [0.29, 0.717) is 23.6 Å². The normalized spacial score (nSPS) is 10.8. The van der Waals surface area contributed by atoms with Crippen LogP contribution in [0.1, 0.15) is 11.1 Å². The third-order valence-corrected chi connectivity index (χ3v) is 5.00. The summed E-state index contributed by atoms with van der Waals surface area (Å²) in [4.78, 5) is 7.91. The van der Waals surface area contributed by atoms with Gasteiger partial charge in [0.25, 0.3) is 0 Å². The van der Waals surface area contributed by atoms with Gasteiger partial charge in [-0.15, -0.1) is 0 Å². The summed E-state index contributed by atoms with van der Waals surface area (Å²) in [6.45, 7) is 0.609. The van der Waals surface area contributed by atoms with E-state index < -0.39 is 0 Å². The Balaban J connectivity index is 1.35. The number of nitrogens with one attached hydrogen (secondary N) is 2. The summed E-state index contributed by atoms with van der Waals surface area (Å²) in [5.74, 6) is 2.06. The number of para-hydroxylation sites is 2. The van der Waals surface area contributed by atoms with Crippen LogP contribution in [-0.2, 0) is 6.54 Å². The molecule has 0 aliphatic rings. The maximum absolute atomic E-state index is 9.24. The Morgan fingerprint density at radius 2 is 1.77 bits per heavy atom. The van der Waals surface area contributed by atoms with Gasteiger partial charge in [-0.3, -0.25) is 0 Å². The van der Waals surface area contributed by atoms with Gasteiger partial charge in [0, 0.05) is 22.8 Å². The first kappa shape index (κ1) is 17.8. The van der Waals surface area contributed by atoms with Crippen molar-refractivity contribution in [3.63, 3.8) is 0 Å². The van der Waals surface area contributed by atoms with Crippen molar-refractivity contribution in [1.29, 1.82) is 5.26 Å². The summed E-state index contributed by atoms with van der Waals surface area (Å²) in [6, 6.07) is 27.5. The van der Waals surface area contributed by atoms with Crippen molar-refractivity contribution in [2.75, 3.05) is 5.32 Å². The number of ether oxygens (including phenoxy) is 1. The van der Waals surface area contributed by atoms with E-state index in [4.69, 9.17) is 4.74 Å². The quantitative estimate of drug-likeness (QED) is 0.386. The number of pyridine rings is 1. The van der Waals surface area contributed by atoms with Crippen LogP contribution >= 0.6 is 0 Å². The van der Waals surface area contributed by atoms with Crippen LogP contribution in [0, 0.1) is 11.3 Å². The minimum atomic E-state index is 0.511. The van der Waals surface area contributed by atoms with E-state index in [0.717, 1.165) is 27.8 Å². The highest BCUT2D eigenvalue weighted by Gasteiger charge is 2.07. The number of rotatable bonds is 5. The van der Waals surface area contributed by atoms with Gasteiger partial charge in [0.1, 0.15) is 23.4 Å². The molecule has 2 heterocycles. The minimum absolute atomic E-state index is 0.511. The Hall–Kier alpha value is -4.30. The summed E-state index contributed by atoms with van der Waals surface area (Å²) in [6.07, 6.45) is 1.86. The monoisotopic (exact) mass is 390 g/mol. The van der Waals surface area contributed by atoms with E-state index >= 15 is 0 Å². The molecule has 5 aromatic rings. The summed E-state index contributed by atoms with van der Waals surface area (Å²) in [5, 5.41) is 15.0. The Labute approximate surface area is 173 Å². The van der Waals surface area contributed by atoms with Gasteiger partial charge in [0.2, 0.25) is 0 Å². The highest BCUT2D eigenvalue weighted by molar-refractivity contribution is 6.07. The molecule has 0 bridgehead atoms. The summed E-state index contributed by atoms with van der Waals surface area (Å²) in [5.41, 5.74) is 3.70. The lowest BCUT2D eigenvalue weighted by Gasteiger charge is -2.10. The number of anilines is 1. The van der Waals surface area contributed by atoms with Crippen LogP contribution in [-0.4, -0.2) is 9.97 Å². The predicted molar refractivity (Wildman–Crippen MR) is 119 cm³/mol. The van der Waals surface area contributed by atoms with Gasteiger partial charge in [0.05, 0.1) is 17.3 Å². The molecule has 0 radical (unpaired) electrons. The number of aromatic amines is 1. The molecule has 2 N–H and O–H groups in total. The van der Waals surface area contributed by atoms with Gasteiger partial charge in [-0.1, -0.05) is 42.5 Å². The second-order valence-electron chi connectivity index (χ2n) is 7.00. The Morgan fingerprint density at radius 1 is 0.900 bits per heavy atom. The molecule has 0 saturated carbocycles. The SMILES string of the molecule is N#Cc1ccccc1Oc1cccc(CNc2cc3c(cn2)[nH]c2ccccc23)c1. The second-order valence-corrected chi connectivity index (χ2v) is 7.00. The van der Waals surface area contributed by atoms with E-state index in [1.54, 1.807) is 12.1 Å². The fourth-order valence-electron chi connectivity index (χ4n) is 3.53. The zero-order valence-electron chi connectivity index (χ0n) is 16.1. The fourth-order valence-corrected chi connectivity index (χ4v) is 3.53. The van der Waals surface area contributed by atoms with E-state index in [9.17, 15) is 5.26 Å². The van der Waals surface area contributed by atoms with Crippen LogP contribution in [0.4, 0.5) is 5.82 Å². The van der Waals surface area contributed by atoms with Crippen molar-refractivity contribution in [1.82, 2.24) is 9.97 Å². The van der Waals surface area contributed by atoms with Crippen molar-refractivity contribution >= 4 is 27.6 Å². The van der Waals surface area contributed by atoms with Crippen molar-refractivity contribution in [2.24, 2.45) is 0 Å². The van der Waals surface area contributed by atoms with Crippen LogP contribution in [0.15, 0.2) is 85.1 Å². The molecule has 0 unspecified atom stereocenters. The topological polar surface area (TPSA) is 73.7 Å². The van der Waals surface area contributed by atoms with Crippen LogP contribution < -0.4 is 10.1 Å². The molecule has 0 atom stereocenters. The van der Waals surface area contributed by atoms with E-state index in [2.05, 4.69) is 39.6 Å². The number of benzene rings is 3. The van der Waals surface area contributed by atoms with Gasteiger partial charge in [-0.05, 0) is 42.0 Å². The lowest BCUT2D eigenvalue weighted by Crippen LogP contribution is -2.01. The lowest BCUT2D eigenvalue weighted by atomic mass is 10.2. The molecular formula is C25H18N4O. The van der Waals surface area contributed by atoms with E-state index in [1.807, 2.05) is 54.7 Å². The number of aromatic nitrogens is 2. The van der Waals surface area contributed by atoms with E-state index in [1.165, 1.54) is 5.39 Å². The third kappa shape index (κ3) is 3.43. The third-order valence-electron chi connectivity index (χ3n) is 5.00. The largest absolute Gasteiger partial charge is 0.456 e. The molecule has 5 rings (SSSR count). The fraction of sp³-hybridized carbons (Fsp3) is 0.0400. The minimum Gasteiger partial charge on any atom is -0.456 e. The highest BCUT2D eigenvalue weighted by Crippen LogP contribution is 2.27. The number of nitrogens with zero attached hydrogens (tertiary/aromatic N) is 2. The first-order valence-electron chi connectivity index (χ1n) is 9.66. The molecule has 0 amide bonds. The number of hydrogen-bond acceptors (Lipinski definition) is 4. The summed E-state index contributed by atoms with van der Waals surface area (Å²) >= 11 is 0. The standard InChI is InChI=1S/C25H18N4O/c26-14-18-7-1-4-11-24(18)30-19-8-5-6-17(12-19)15-27-25-13-21-20-9-2-3-10-22(20)29-23(21)16-28-25/h1-13,16,29H,15H2,(H,27,28). The van der Waals surface area contributed by atoms with Gasteiger partial charge in [-0.25, -0.2) is 4.98 Å². The summed E-state index contributed by atoms with van der Waals surface area (Å²) < 4.78 is 5.92. The van der Waals surface area contributed by atoms with Gasteiger partial charge in [0.15, 0.2) is 0 Å². The molecule has 5 nitrogen and oxygen atoms in total. The van der Waals surface area contributed by atoms with Crippen molar-refractivity contribution in [2.45, 2.75) is 6.54 Å². The average Bonchev–Trinajstić information content (AvgIpc) is 3.16. The second kappa shape index (κ2) is 7.61. The predicted octanol–water partition coefficient (Wildman–Crippen LogP) is 5.99. The van der Waals surface area contributed by atoms with Crippen molar-refractivity contribution in [3.8, 4) is 17.6 Å². The molecular weight excluding hydrogens is 372 g/mol. The average molecular weight is 390 g/mol. The lowest BCUT2D eigenvalue weighted by molar-refractivity contribution is 0.480. The van der Waals surface area contributed by atoms with Crippen molar-refractivity contribution in [3.05, 3.63) is 96.2 Å². The van der Waals surface area contributed by atoms with E-state index in [-0.39, 0.29) is 0 Å². The Bertz CT molecular complexity index is 1400. The molecule has 5 heteroatoms. The van der Waals surface area contributed by atoms with Gasteiger partial charge in [-0.2, -0.15) is 5.26 Å². The van der Waals surface area contributed by atoms with Crippen LogP contribution in [0.2, 0.25) is 0 Å². The summed E-state index contributed by atoms with van der Waals surface area (Å²) in [7, 11) is 0.